The molecular formula is C25H23ClN2OS2. The van der Waals surface area contributed by atoms with Crippen LogP contribution in [0.5, 0.6) is 0 Å². The number of fused-ring (bicyclic) bond motifs is 1. The lowest BCUT2D eigenvalue weighted by Gasteiger charge is -2.20. The number of halogens is 1. The summed E-state index contributed by atoms with van der Waals surface area (Å²) < 4.78 is 1.11. The van der Waals surface area contributed by atoms with Gasteiger partial charge in [-0.05, 0) is 66.6 Å². The van der Waals surface area contributed by atoms with Gasteiger partial charge in [0.1, 0.15) is 0 Å². The van der Waals surface area contributed by atoms with Crippen molar-refractivity contribution in [3.8, 4) is 0 Å². The Hall–Kier alpha value is -2.34. The number of rotatable bonds is 8. The molecule has 6 heteroatoms. The number of hydrogen-bond acceptors (Lipinski definition) is 4. The lowest BCUT2D eigenvalue weighted by molar-refractivity contribution is -0.118. The number of thiazole rings is 1. The minimum Gasteiger partial charge on any atom is -0.284 e. The van der Waals surface area contributed by atoms with Crippen LogP contribution in [0, 0.1) is 6.92 Å². The highest BCUT2D eigenvalue weighted by Gasteiger charge is 2.20. The summed E-state index contributed by atoms with van der Waals surface area (Å²) in [6, 6.07) is 24.1. The molecule has 0 aliphatic heterocycles. The van der Waals surface area contributed by atoms with Crippen molar-refractivity contribution >= 4 is 56.0 Å². The van der Waals surface area contributed by atoms with E-state index in [1.54, 1.807) is 23.1 Å². The smallest absolute Gasteiger partial charge is 0.229 e. The third-order valence-corrected chi connectivity index (χ3v) is 7.26. The molecule has 4 aromatic rings. The second kappa shape index (κ2) is 10.3. The van der Waals surface area contributed by atoms with Gasteiger partial charge in [-0.15, -0.1) is 11.8 Å². The van der Waals surface area contributed by atoms with Gasteiger partial charge in [0.25, 0.3) is 0 Å². The van der Waals surface area contributed by atoms with Crippen molar-refractivity contribution in [1.82, 2.24) is 4.98 Å². The van der Waals surface area contributed by atoms with Gasteiger partial charge < -0.3 is 0 Å². The monoisotopic (exact) mass is 466 g/mol. The van der Waals surface area contributed by atoms with Gasteiger partial charge in [-0.1, -0.05) is 59.3 Å². The second-order valence-electron chi connectivity index (χ2n) is 7.34. The zero-order chi connectivity index (χ0) is 21.6. The first kappa shape index (κ1) is 21.9. The van der Waals surface area contributed by atoms with Crippen molar-refractivity contribution in [1.29, 1.82) is 0 Å². The zero-order valence-corrected chi connectivity index (χ0v) is 19.6. The first-order valence-corrected chi connectivity index (χ1v) is 12.4. The number of amides is 1. The molecule has 4 rings (SSSR count). The van der Waals surface area contributed by atoms with Crippen LogP contribution >= 0.6 is 34.7 Å². The first-order valence-electron chi connectivity index (χ1n) is 10.2. The van der Waals surface area contributed by atoms with E-state index < -0.39 is 0 Å². The summed E-state index contributed by atoms with van der Waals surface area (Å²) in [6.45, 7) is 2.60. The molecule has 3 nitrogen and oxygen atoms in total. The van der Waals surface area contributed by atoms with Gasteiger partial charge in [0, 0.05) is 16.3 Å². The summed E-state index contributed by atoms with van der Waals surface area (Å²) in [5.41, 5.74) is 3.24. The molecule has 1 heterocycles. The number of anilines is 1. The molecule has 0 N–H and O–H groups in total. The third-order valence-electron chi connectivity index (χ3n) is 4.87. The van der Waals surface area contributed by atoms with E-state index in [0.29, 0.717) is 13.0 Å². The number of carbonyl (C=O) groups excluding carboxylic acids is 1. The van der Waals surface area contributed by atoms with E-state index in [1.807, 2.05) is 65.6 Å². The molecule has 1 aromatic heterocycles. The molecule has 1 amide bonds. The first-order chi connectivity index (χ1) is 15.1. The standard InChI is InChI=1S/C25H23ClN2OS2/c1-18-9-14-22-23(16-18)31-25(27-22)28(17-19-6-3-2-4-7-19)24(29)8-5-15-30-21-12-10-20(26)11-13-21/h2-4,6-7,9-14,16H,5,8,15,17H2,1H3. The Labute approximate surface area is 196 Å². The van der Waals surface area contributed by atoms with Crippen molar-refractivity contribution in [3.05, 3.63) is 88.9 Å². The van der Waals surface area contributed by atoms with Crippen molar-refractivity contribution in [2.45, 2.75) is 31.2 Å². The predicted molar refractivity (Wildman–Crippen MR) is 133 cm³/mol. The van der Waals surface area contributed by atoms with E-state index >= 15 is 0 Å². The van der Waals surface area contributed by atoms with E-state index in [0.717, 1.165) is 38.1 Å². The molecule has 0 atom stereocenters. The molecule has 0 spiro atoms. The number of hydrogen-bond donors (Lipinski definition) is 0. The van der Waals surface area contributed by atoms with Crippen molar-refractivity contribution in [2.24, 2.45) is 0 Å². The minimum atomic E-state index is 0.108. The summed E-state index contributed by atoms with van der Waals surface area (Å²) in [5, 5.41) is 1.50. The number of carbonyl (C=O) groups is 1. The molecule has 158 valence electrons. The normalized spacial score (nSPS) is 11.0. The van der Waals surface area contributed by atoms with Crippen molar-refractivity contribution in [2.75, 3.05) is 10.7 Å². The Balaban J connectivity index is 1.46. The Morgan fingerprint density at radius 1 is 1.06 bits per heavy atom. The highest BCUT2D eigenvalue weighted by atomic mass is 35.5. The van der Waals surface area contributed by atoms with Crippen LogP contribution in [0.3, 0.4) is 0 Å². The van der Waals surface area contributed by atoms with E-state index in [1.165, 1.54) is 10.5 Å². The van der Waals surface area contributed by atoms with E-state index in [9.17, 15) is 4.79 Å². The zero-order valence-electron chi connectivity index (χ0n) is 17.3. The van der Waals surface area contributed by atoms with Gasteiger partial charge in [-0.3, -0.25) is 9.69 Å². The van der Waals surface area contributed by atoms with Crippen LogP contribution < -0.4 is 4.90 Å². The summed E-state index contributed by atoms with van der Waals surface area (Å²) in [5.74, 6) is 0.988. The van der Waals surface area contributed by atoms with Crippen LogP contribution in [-0.2, 0) is 11.3 Å². The van der Waals surface area contributed by atoms with Gasteiger partial charge in [0.15, 0.2) is 5.13 Å². The van der Waals surface area contributed by atoms with Crippen LogP contribution in [0.15, 0.2) is 77.7 Å². The molecule has 0 saturated heterocycles. The number of benzene rings is 3. The molecule has 0 fully saturated rings. The quantitative estimate of drug-likeness (QED) is 0.201. The van der Waals surface area contributed by atoms with E-state index in [-0.39, 0.29) is 5.91 Å². The number of nitrogens with zero attached hydrogens (tertiary/aromatic N) is 2. The molecule has 3 aromatic carbocycles. The molecule has 0 unspecified atom stereocenters. The average Bonchev–Trinajstić information content (AvgIpc) is 3.19. The fourth-order valence-electron chi connectivity index (χ4n) is 3.24. The Morgan fingerprint density at radius 3 is 2.61 bits per heavy atom. The number of thioether (sulfide) groups is 1. The number of aromatic nitrogens is 1. The van der Waals surface area contributed by atoms with Gasteiger partial charge in [-0.2, -0.15) is 0 Å². The van der Waals surface area contributed by atoms with Gasteiger partial charge in [-0.25, -0.2) is 4.98 Å². The fourth-order valence-corrected chi connectivity index (χ4v) is 5.30. The third kappa shape index (κ3) is 5.88. The Morgan fingerprint density at radius 2 is 1.84 bits per heavy atom. The predicted octanol–water partition coefficient (Wildman–Crippen LogP) is 7.36. The SMILES string of the molecule is Cc1ccc2nc(N(Cc3ccccc3)C(=O)CCCSc3ccc(Cl)cc3)sc2c1. The Bertz CT molecular complexity index is 1160. The molecule has 0 aliphatic rings. The van der Waals surface area contributed by atoms with Gasteiger partial charge in [0.05, 0.1) is 16.8 Å². The summed E-state index contributed by atoms with van der Waals surface area (Å²) in [4.78, 5) is 21.0. The molecule has 0 radical (unpaired) electrons. The maximum absolute atomic E-state index is 13.2. The van der Waals surface area contributed by atoms with E-state index in [4.69, 9.17) is 16.6 Å². The molecule has 0 bridgehead atoms. The molecule has 0 saturated carbocycles. The highest BCUT2D eigenvalue weighted by molar-refractivity contribution is 7.99. The van der Waals surface area contributed by atoms with Crippen LogP contribution in [0.25, 0.3) is 10.2 Å². The topological polar surface area (TPSA) is 33.2 Å². The van der Waals surface area contributed by atoms with Crippen LogP contribution in [0.1, 0.15) is 24.0 Å². The fraction of sp³-hybridized carbons (Fsp3) is 0.200. The lowest BCUT2D eigenvalue weighted by Crippen LogP contribution is -2.30. The van der Waals surface area contributed by atoms with Gasteiger partial charge in [0.2, 0.25) is 5.91 Å². The number of aryl methyl sites for hydroxylation is 1. The van der Waals surface area contributed by atoms with Crippen LogP contribution in [0.2, 0.25) is 5.02 Å². The summed E-state index contributed by atoms with van der Waals surface area (Å²) in [7, 11) is 0. The minimum absolute atomic E-state index is 0.108. The average molecular weight is 467 g/mol. The van der Waals surface area contributed by atoms with Crippen LogP contribution in [0.4, 0.5) is 5.13 Å². The Kier molecular flexibility index (Phi) is 7.28. The summed E-state index contributed by atoms with van der Waals surface area (Å²) >= 11 is 9.27. The van der Waals surface area contributed by atoms with Crippen molar-refractivity contribution < 1.29 is 4.79 Å². The highest BCUT2D eigenvalue weighted by Crippen LogP contribution is 2.31. The second-order valence-corrected chi connectivity index (χ2v) is 9.95. The largest absolute Gasteiger partial charge is 0.284 e. The van der Waals surface area contributed by atoms with Crippen LogP contribution in [-0.4, -0.2) is 16.6 Å². The molecule has 31 heavy (non-hydrogen) atoms. The maximum atomic E-state index is 13.2. The van der Waals surface area contributed by atoms with E-state index in [2.05, 4.69) is 19.1 Å². The molecule has 0 aliphatic carbocycles. The van der Waals surface area contributed by atoms with Crippen molar-refractivity contribution in [3.63, 3.8) is 0 Å². The molecular weight excluding hydrogens is 444 g/mol. The summed E-state index contributed by atoms with van der Waals surface area (Å²) in [6.07, 6.45) is 1.30. The maximum Gasteiger partial charge on any atom is 0.229 e. The lowest BCUT2D eigenvalue weighted by atomic mass is 10.2. The van der Waals surface area contributed by atoms with Gasteiger partial charge >= 0.3 is 0 Å².